The van der Waals surface area contributed by atoms with E-state index in [1.807, 2.05) is 18.2 Å². The van der Waals surface area contributed by atoms with Gasteiger partial charge in [-0.05, 0) is 44.0 Å². The molecule has 0 atom stereocenters. The van der Waals surface area contributed by atoms with Crippen molar-refractivity contribution in [1.29, 1.82) is 0 Å². The number of hydrogen-bond donors (Lipinski definition) is 0. The van der Waals surface area contributed by atoms with E-state index in [0.717, 1.165) is 32.5 Å². The summed E-state index contributed by atoms with van der Waals surface area (Å²) in [5.41, 5.74) is 2.24. The first-order chi connectivity index (χ1) is 10.7. The Labute approximate surface area is 144 Å². The Morgan fingerprint density at radius 3 is 2.00 bits per heavy atom. The van der Waals surface area contributed by atoms with Crippen LogP contribution in [0.15, 0.2) is 60.7 Å². The Morgan fingerprint density at radius 1 is 0.957 bits per heavy atom. The third kappa shape index (κ3) is 3.82. The molecule has 0 saturated carbocycles. The zero-order valence-electron chi connectivity index (χ0n) is 13.6. The molecule has 0 bridgehead atoms. The summed E-state index contributed by atoms with van der Waals surface area (Å²) in [4.78, 5) is 14.8. The quantitative estimate of drug-likeness (QED) is 0.836. The molecule has 0 N–H and O–H groups in total. The minimum absolute atomic E-state index is 0. The van der Waals surface area contributed by atoms with Gasteiger partial charge in [-0.1, -0.05) is 60.7 Å². The lowest BCUT2D eigenvalue weighted by molar-refractivity contribution is -0.124. The van der Waals surface area contributed by atoms with Crippen LogP contribution < -0.4 is 0 Å². The predicted octanol–water partition coefficient (Wildman–Crippen LogP) is 4.23. The molecule has 1 aliphatic rings. The average molecular weight is 330 g/mol. The number of likely N-dealkylation sites (tertiary alicyclic amines) is 1. The fourth-order valence-corrected chi connectivity index (χ4v) is 3.54. The summed E-state index contributed by atoms with van der Waals surface area (Å²) >= 11 is 0. The van der Waals surface area contributed by atoms with Crippen molar-refractivity contribution in [1.82, 2.24) is 4.90 Å². The van der Waals surface area contributed by atoms with Crippen molar-refractivity contribution in [2.75, 3.05) is 13.1 Å². The highest BCUT2D eigenvalue weighted by Gasteiger charge is 2.40. The molecular formula is C20H24ClNO. The molecule has 1 heterocycles. The molecule has 23 heavy (non-hydrogen) atoms. The number of halogens is 1. The fraction of sp³-hybridized carbons (Fsp3) is 0.350. The number of carbonyl (C=O) groups is 1. The normalized spacial score (nSPS) is 17.3. The molecule has 0 spiro atoms. The number of carbonyl (C=O) groups excluding carboxylic acids is 1. The maximum absolute atomic E-state index is 12.4. The summed E-state index contributed by atoms with van der Waals surface area (Å²) in [6, 6.07) is 20.9. The first kappa shape index (κ1) is 17.7. The van der Waals surface area contributed by atoms with E-state index >= 15 is 0 Å². The van der Waals surface area contributed by atoms with Crippen LogP contribution >= 0.6 is 12.4 Å². The fourth-order valence-electron chi connectivity index (χ4n) is 3.54. The van der Waals surface area contributed by atoms with Crippen molar-refractivity contribution in [3.8, 4) is 0 Å². The van der Waals surface area contributed by atoms with E-state index in [0.29, 0.717) is 5.78 Å². The summed E-state index contributed by atoms with van der Waals surface area (Å²) < 4.78 is 0. The molecule has 3 heteroatoms. The van der Waals surface area contributed by atoms with Crippen LogP contribution in [0, 0.1) is 0 Å². The monoisotopic (exact) mass is 329 g/mol. The predicted molar refractivity (Wildman–Crippen MR) is 97.0 cm³/mol. The summed E-state index contributed by atoms with van der Waals surface area (Å²) in [6.07, 6.45) is 1.83. The number of benzene rings is 2. The Bertz CT molecular complexity index is 619. The van der Waals surface area contributed by atoms with Gasteiger partial charge in [0, 0.05) is 6.54 Å². The average Bonchev–Trinajstić information content (AvgIpc) is 2.57. The first-order valence-corrected chi connectivity index (χ1v) is 8.03. The van der Waals surface area contributed by atoms with Crippen LogP contribution in [0.1, 0.15) is 30.9 Å². The molecule has 3 rings (SSSR count). The van der Waals surface area contributed by atoms with Crippen LogP contribution in [0.4, 0.5) is 0 Å². The molecule has 2 aromatic carbocycles. The number of hydrogen-bond acceptors (Lipinski definition) is 2. The minimum Gasteiger partial charge on any atom is -0.299 e. The van der Waals surface area contributed by atoms with Gasteiger partial charge in [0.05, 0.1) is 5.41 Å². The van der Waals surface area contributed by atoms with Crippen molar-refractivity contribution < 1.29 is 4.79 Å². The Morgan fingerprint density at radius 2 is 1.48 bits per heavy atom. The van der Waals surface area contributed by atoms with Gasteiger partial charge in [0.15, 0.2) is 0 Å². The van der Waals surface area contributed by atoms with E-state index in [9.17, 15) is 4.79 Å². The van der Waals surface area contributed by atoms with Crippen molar-refractivity contribution in [3.05, 3.63) is 71.8 Å². The third-order valence-electron chi connectivity index (χ3n) is 4.96. The van der Waals surface area contributed by atoms with Gasteiger partial charge < -0.3 is 0 Å². The highest BCUT2D eigenvalue weighted by molar-refractivity contribution is 5.88. The SMILES string of the molecule is CC(=O)C1(c2ccccc2)CCN(Cc2ccccc2)CC1.Cl. The second-order valence-electron chi connectivity index (χ2n) is 6.27. The molecule has 0 aliphatic carbocycles. The van der Waals surface area contributed by atoms with Crippen molar-refractivity contribution in [2.45, 2.75) is 31.7 Å². The van der Waals surface area contributed by atoms with Crippen LogP contribution in [-0.2, 0) is 16.8 Å². The smallest absolute Gasteiger partial charge is 0.140 e. The van der Waals surface area contributed by atoms with E-state index in [1.165, 1.54) is 11.1 Å². The second kappa shape index (κ2) is 7.76. The second-order valence-corrected chi connectivity index (χ2v) is 6.27. The largest absolute Gasteiger partial charge is 0.299 e. The summed E-state index contributed by atoms with van der Waals surface area (Å²) in [5, 5.41) is 0. The molecule has 122 valence electrons. The van der Waals surface area contributed by atoms with Gasteiger partial charge in [-0.3, -0.25) is 9.69 Å². The van der Waals surface area contributed by atoms with E-state index in [-0.39, 0.29) is 17.8 Å². The minimum atomic E-state index is -0.283. The number of rotatable bonds is 4. The van der Waals surface area contributed by atoms with Gasteiger partial charge >= 0.3 is 0 Å². The van der Waals surface area contributed by atoms with E-state index in [4.69, 9.17) is 0 Å². The van der Waals surface area contributed by atoms with Crippen molar-refractivity contribution in [3.63, 3.8) is 0 Å². The Hall–Kier alpha value is -1.64. The van der Waals surface area contributed by atoms with Crippen LogP contribution in [-0.4, -0.2) is 23.8 Å². The number of Topliss-reactive ketones (excluding diaryl/α,β-unsaturated/α-hetero) is 1. The van der Waals surface area contributed by atoms with Gasteiger partial charge in [0.1, 0.15) is 5.78 Å². The summed E-state index contributed by atoms with van der Waals surface area (Å²) in [7, 11) is 0. The number of piperidine rings is 1. The first-order valence-electron chi connectivity index (χ1n) is 8.03. The van der Waals surface area contributed by atoms with Gasteiger partial charge in [-0.2, -0.15) is 0 Å². The molecule has 0 amide bonds. The maximum Gasteiger partial charge on any atom is 0.140 e. The zero-order chi connectivity index (χ0) is 15.4. The molecule has 1 fully saturated rings. The van der Waals surface area contributed by atoms with Gasteiger partial charge in [0.25, 0.3) is 0 Å². The Kier molecular flexibility index (Phi) is 5.97. The highest BCUT2D eigenvalue weighted by atomic mass is 35.5. The van der Waals surface area contributed by atoms with Crippen LogP contribution in [0.3, 0.4) is 0 Å². The standard InChI is InChI=1S/C20H23NO.ClH/c1-17(22)20(19-10-6-3-7-11-19)12-14-21(15-13-20)16-18-8-4-2-5-9-18;/h2-11H,12-16H2,1H3;1H. The zero-order valence-corrected chi connectivity index (χ0v) is 14.4. The van der Waals surface area contributed by atoms with Crippen LogP contribution in [0.25, 0.3) is 0 Å². The highest BCUT2D eigenvalue weighted by Crippen LogP contribution is 2.36. The molecule has 0 aromatic heterocycles. The van der Waals surface area contributed by atoms with Gasteiger partial charge in [0.2, 0.25) is 0 Å². The van der Waals surface area contributed by atoms with Gasteiger partial charge in [-0.25, -0.2) is 0 Å². The molecule has 1 aliphatic heterocycles. The lowest BCUT2D eigenvalue weighted by Crippen LogP contribution is -2.46. The van der Waals surface area contributed by atoms with Crippen molar-refractivity contribution >= 4 is 18.2 Å². The molecular weight excluding hydrogens is 306 g/mol. The van der Waals surface area contributed by atoms with E-state index in [2.05, 4.69) is 47.4 Å². The van der Waals surface area contributed by atoms with Crippen LogP contribution in [0.2, 0.25) is 0 Å². The summed E-state index contributed by atoms with van der Waals surface area (Å²) in [6.45, 7) is 4.68. The Balaban J connectivity index is 0.00000192. The number of nitrogens with zero attached hydrogens (tertiary/aromatic N) is 1. The number of ketones is 1. The lowest BCUT2D eigenvalue weighted by atomic mass is 9.70. The molecule has 0 unspecified atom stereocenters. The lowest BCUT2D eigenvalue weighted by Gasteiger charge is -2.40. The molecule has 2 nitrogen and oxygen atoms in total. The topological polar surface area (TPSA) is 20.3 Å². The van der Waals surface area contributed by atoms with E-state index < -0.39 is 0 Å². The third-order valence-corrected chi connectivity index (χ3v) is 4.96. The van der Waals surface area contributed by atoms with Crippen molar-refractivity contribution in [2.24, 2.45) is 0 Å². The molecule has 1 saturated heterocycles. The molecule has 2 aromatic rings. The summed E-state index contributed by atoms with van der Waals surface area (Å²) in [5.74, 6) is 0.304. The molecule has 0 radical (unpaired) electrons. The van der Waals surface area contributed by atoms with Gasteiger partial charge in [-0.15, -0.1) is 12.4 Å². The maximum atomic E-state index is 12.4. The van der Waals surface area contributed by atoms with Crippen LogP contribution in [0.5, 0.6) is 0 Å². The van der Waals surface area contributed by atoms with E-state index in [1.54, 1.807) is 6.92 Å².